The lowest BCUT2D eigenvalue weighted by molar-refractivity contribution is -0.159. The van der Waals surface area contributed by atoms with E-state index in [1.165, 1.54) is 13.0 Å². The Morgan fingerprint density at radius 1 is 1.15 bits per heavy atom. The third-order valence-corrected chi connectivity index (χ3v) is 4.29. The molecule has 0 spiro atoms. The van der Waals surface area contributed by atoms with E-state index >= 15 is 0 Å². The maximum absolute atomic E-state index is 12.2. The van der Waals surface area contributed by atoms with E-state index in [9.17, 15) is 14.4 Å². The summed E-state index contributed by atoms with van der Waals surface area (Å²) in [6, 6.07) is 8.76. The summed E-state index contributed by atoms with van der Waals surface area (Å²) in [5.41, 5.74) is 6.43. The highest BCUT2D eigenvalue weighted by molar-refractivity contribution is 7.14. The number of hydrogen-bond donors (Lipinski definition) is 2. The van der Waals surface area contributed by atoms with E-state index in [1.54, 1.807) is 24.4 Å². The molecule has 1 heterocycles. The van der Waals surface area contributed by atoms with Gasteiger partial charge in [0, 0.05) is 0 Å². The van der Waals surface area contributed by atoms with Crippen LogP contribution in [0.25, 0.3) is 0 Å². The molecule has 0 aliphatic rings. The Balaban J connectivity index is 1.92. The van der Waals surface area contributed by atoms with Crippen molar-refractivity contribution in [3.05, 3.63) is 46.8 Å². The molecule has 0 saturated heterocycles. The monoisotopic (exact) mass is 376 g/mol. The molecular weight excluding hydrogens is 356 g/mol. The number of primary amides is 1. The van der Waals surface area contributed by atoms with Gasteiger partial charge in [-0.05, 0) is 49.9 Å². The number of benzene rings is 1. The van der Waals surface area contributed by atoms with E-state index in [-0.39, 0.29) is 5.56 Å². The molecule has 2 aromatic rings. The zero-order valence-corrected chi connectivity index (χ0v) is 15.5. The lowest BCUT2D eigenvalue weighted by atomic mass is 10.2. The normalized spacial score (nSPS) is 12.7. The lowest BCUT2D eigenvalue weighted by Gasteiger charge is -2.18. The summed E-state index contributed by atoms with van der Waals surface area (Å²) in [5.74, 6) is -1.34. The van der Waals surface area contributed by atoms with Crippen molar-refractivity contribution < 1.29 is 23.9 Å². The Morgan fingerprint density at radius 3 is 2.54 bits per heavy atom. The number of amides is 2. The molecule has 0 radical (unpaired) electrons. The first-order valence-electron chi connectivity index (χ1n) is 7.90. The zero-order chi connectivity index (χ0) is 19.3. The first-order chi connectivity index (χ1) is 12.3. The molecule has 0 bridgehead atoms. The summed E-state index contributed by atoms with van der Waals surface area (Å²) in [6.07, 6.45) is -1.94. The Morgan fingerprint density at radius 2 is 1.88 bits per heavy atom. The number of esters is 1. The van der Waals surface area contributed by atoms with Crippen LogP contribution < -0.4 is 15.8 Å². The van der Waals surface area contributed by atoms with Crippen molar-refractivity contribution in [2.75, 3.05) is 5.32 Å². The van der Waals surface area contributed by atoms with Gasteiger partial charge in [0.15, 0.2) is 12.2 Å². The maximum atomic E-state index is 12.2. The number of nitrogens with two attached hydrogens (primary N) is 1. The van der Waals surface area contributed by atoms with E-state index in [4.69, 9.17) is 15.2 Å². The molecule has 0 saturated carbocycles. The van der Waals surface area contributed by atoms with E-state index in [0.717, 1.165) is 16.9 Å². The number of hydrogen-bond acceptors (Lipinski definition) is 6. The Kier molecular flexibility index (Phi) is 6.35. The predicted molar refractivity (Wildman–Crippen MR) is 98.3 cm³/mol. The largest absolute Gasteiger partial charge is 0.479 e. The van der Waals surface area contributed by atoms with Gasteiger partial charge in [-0.3, -0.25) is 9.59 Å². The van der Waals surface area contributed by atoms with Crippen LogP contribution in [0.5, 0.6) is 5.75 Å². The minimum atomic E-state index is -1.06. The first kappa shape index (κ1) is 19.5. The molecule has 2 rings (SSSR count). The number of carbonyl (C=O) groups excluding carboxylic acids is 3. The molecule has 0 aliphatic heterocycles. The summed E-state index contributed by atoms with van der Waals surface area (Å²) >= 11 is 1.15. The fourth-order valence-corrected chi connectivity index (χ4v) is 2.87. The molecule has 0 fully saturated rings. The molecule has 7 nitrogen and oxygen atoms in total. The number of nitrogens with one attached hydrogen (secondary N) is 1. The first-order valence-corrected chi connectivity index (χ1v) is 8.78. The number of ether oxygens (including phenoxy) is 2. The van der Waals surface area contributed by atoms with Crippen LogP contribution in [-0.4, -0.2) is 30.0 Å². The van der Waals surface area contributed by atoms with Crippen LogP contribution >= 0.6 is 11.3 Å². The van der Waals surface area contributed by atoms with Crippen LogP contribution in [0.3, 0.4) is 0 Å². The molecular formula is C18H20N2O5S. The van der Waals surface area contributed by atoms with E-state index in [1.807, 2.05) is 19.1 Å². The van der Waals surface area contributed by atoms with Crippen LogP contribution in [0.4, 0.5) is 5.00 Å². The molecule has 26 heavy (non-hydrogen) atoms. The van der Waals surface area contributed by atoms with Crippen molar-refractivity contribution in [2.45, 2.75) is 33.0 Å². The smallest absolute Gasteiger partial charge is 0.347 e. The van der Waals surface area contributed by atoms with Crippen molar-refractivity contribution in [2.24, 2.45) is 5.73 Å². The SMILES string of the molecule is Cc1cccc(O[C@H](C)C(=O)O[C@@H](C)C(=O)Nc2sccc2C(N)=O)c1. The van der Waals surface area contributed by atoms with Crippen LogP contribution in [0.1, 0.15) is 29.8 Å². The molecule has 2 atom stereocenters. The standard InChI is InChI=1S/C18H20N2O5S/c1-10-5-4-6-13(9-10)24-12(3)18(23)25-11(2)16(22)20-17-14(15(19)21)7-8-26-17/h4-9,11-12H,1-3H3,(H2,19,21)(H,20,22)/t11-,12+/m0/s1. The van der Waals surface area contributed by atoms with Crippen LogP contribution in [-0.2, 0) is 14.3 Å². The average Bonchev–Trinajstić information content (AvgIpc) is 3.03. The molecule has 1 aromatic carbocycles. The Labute approximate surface area is 155 Å². The van der Waals surface area contributed by atoms with Crippen LogP contribution in [0, 0.1) is 6.92 Å². The van der Waals surface area contributed by atoms with Gasteiger partial charge < -0.3 is 20.5 Å². The van der Waals surface area contributed by atoms with Gasteiger partial charge in [-0.1, -0.05) is 12.1 Å². The van der Waals surface area contributed by atoms with E-state index in [0.29, 0.717) is 10.8 Å². The van der Waals surface area contributed by atoms with Crippen molar-refractivity contribution in [1.82, 2.24) is 0 Å². The van der Waals surface area contributed by atoms with Gasteiger partial charge in [-0.15, -0.1) is 11.3 Å². The van der Waals surface area contributed by atoms with Gasteiger partial charge in [-0.25, -0.2) is 4.79 Å². The van der Waals surface area contributed by atoms with Crippen molar-refractivity contribution in [1.29, 1.82) is 0 Å². The second-order valence-corrected chi connectivity index (χ2v) is 6.59. The fourth-order valence-electron chi connectivity index (χ4n) is 2.08. The number of thiophene rings is 1. The van der Waals surface area contributed by atoms with E-state index in [2.05, 4.69) is 5.32 Å². The molecule has 8 heteroatoms. The summed E-state index contributed by atoms with van der Waals surface area (Å²) < 4.78 is 10.7. The van der Waals surface area contributed by atoms with Crippen molar-refractivity contribution >= 4 is 34.1 Å². The summed E-state index contributed by atoms with van der Waals surface area (Å²) in [4.78, 5) is 35.6. The molecule has 138 valence electrons. The highest BCUT2D eigenvalue weighted by atomic mass is 32.1. The number of anilines is 1. The third kappa shape index (κ3) is 5.06. The summed E-state index contributed by atoms with van der Waals surface area (Å²) in [5, 5.41) is 4.48. The van der Waals surface area contributed by atoms with Gasteiger partial charge in [0.25, 0.3) is 11.8 Å². The maximum Gasteiger partial charge on any atom is 0.347 e. The van der Waals surface area contributed by atoms with Gasteiger partial charge in [0.1, 0.15) is 10.8 Å². The van der Waals surface area contributed by atoms with Gasteiger partial charge in [0.05, 0.1) is 5.56 Å². The number of rotatable bonds is 7. The van der Waals surface area contributed by atoms with Gasteiger partial charge >= 0.3 is 5.97 Å². The summed E-state index contributed by atoms with van der Waals surface area (Å²) in [6.45, 7) is 4.89. The van der Waals surface area contributed by atoms with Gasteiger partial charge in [0.2, 0.25) is 0 Å². The average molecular weight is 376 g/mol. The molecule has 0 unspecified atom stereocenters. The minimum absolute atomic E-state index is 0.207. The highest BCUT2D eigenvalue weighted by Gasteiger charge is 2.24. The predicted octanol–water partition coefficient (Wildman–Crippen LogP) is 2.49. The molecule has 1 aromatic heterocycles. The highest BCUT2D eigenvalue weighted by Crippen LogP contribution is 2.23. The second-order valence-electron chi connectivity index (χ2n) is 5.67. The second kappa shape index (κ2) is 8.48. The van der Waals surface area contributed by atoms with Crippen molar-refractivity contribution in [3.63, 3.8) is 0 Å². The fraction of sp³-hybridized carbons (Fsp3) is 0.278. The molecule has 0 aliphatic carbocycles. The number of carbonyl (C=O) groups is 3. The molecule has 3 N–H and O–H groups in total. The zero-order valence-electron chi connectivity index (χ0n) is 14.6. The van der Waals surface area contributed by atoms with Crippen molar-refractivity contribution in [3.8, 4) is 5.75 Å². The Bertz CT molecular complexity index is 817. The quantitative estimate of drug-likeness (QED) is 0.722. The molecule has 2 amide bonds. The third-order valence-electron chi connectivity index (χ3n) is 3.46. The summed E-state index contributed by atoms with van der Waals surface area (Å²) in [7, 11) is 0. The number of aryl methyl sites for hydroxylation is 1. The topological polar surface area (TPSA) is 108 Å². The van der Waals surface area contributed by atoms with Gasteiger partial charge in [-0.2, -0.15) is 0 Å². The van der Waals surface area contributed by atoms with Crippen LogP contribution in [0.2, 0.25) is 0 Å². The lowest BCUT2D eigenvalue weighted by Crippen LogP contribution is -2.35. The van der Waals surface area contributed by atoms with Crippen LogP contribution in [0.15, 0.2) is 35.7 Å². The minimum Gasteiger partial charge on any atom is -0.479 e. The van der Waals surface area contributed by atoms with E-state index < -0.39 is 30.0 Å². The Hall–Kier alpha value is -2.87.